The molecule has 0 bridgehead atoms. The highest BCUT2D eigenvalue weighted by molar-refractivity contribution is 9.11. The number of nitrogens with zero attached hydrogens (tertiary/aromatic N) is 1. The summed E-state index contributed by atoms with van der Waals surface area (Å²) >= 11 is 7.04. The summed E-state index contributed by atoms with van der Waals surface area (Å²) in [6.07, 6.45) is 0. The van der Waals surface area contributed by atoms with Crippen LogP contribution in [0.15, 0.2) is 26.1 Å². The number of aliphatic imine (C=N–C) groups is 1. The third-order valence-electron chi connectivity index (χ3n) is 2.18. The van der Waals surface area contributed by atoms with Gasteiger partial charge in [0.05, 0.1) is 5.69 Å². The Morgan fingerprint density at radius 1 is 1.33 bits per heavy atom. The van der Waals surface area contributed by atoms with Crippen LogP contribution < -0.4 is 16.6 Å². The molecule has 0 saturated carbocycles. The molecule has 6 heteroatoms. The summed E-state index contributed by atoms with van der Waals surface area (Å²) in [5.41, 5.74) is 4.64. The van der Waals surface area contributed by atoms with Crippen molar-refractivity contribution in [1.82, 2.24) is 5.43 Å². The van der Waals surface area contributed by atoms with E-state index in [-0.39, 0.29) is 0 Å². The lowest BCUT2D eigenvalue weighted by atomic mass is 10.2. The highest BCUT2D eigenvalue weighted by Gasteiger charge is 2.08. The fourth-order valence-corrected chi connectivity index (χ4v) is 2.95. The van der Waals surface area contributed by atoms with Gasteiger partial charge in [0.15, 0.2) is 0 Å². The molecule has 18 heavy (non-hydrogen) atoms. The van der Waals surface area contributed by atoms with Crippen molar-refractivity contribution >= 4 is 43.5 Å². The van der Waals surface area contributed by atoms with Crippen LogP contribution in [0.4, 0.5) is 5.69 Å². The molecule has 4 nitrogen and oxygen atoms in total. The zero-order chi connectivity index (χ0) is 13.7. The molecule has 1 rings (SSSR count). The number of nitrogens with two attached hydrogens (primary N) is 1. The van der Waals surface area contributed by atoms with Gasteiger partial charge in [0.25, 0.3) is 0 Å². The number of halogens is 2. The van der Waals surface area contributed by atoms with E-state index in [1.807, 2.05) is 19.1 Å². The molecular formula is C12H18Br2N4. The molecule has 0 fully saturated rings. The lowest BCUT2D eigenvalue weighted by Gasteiger charge is -2.14. The Morgan fingerprint density at radius 3 is 2.33 bits per heavy atom. The van der Waals surface area contributed by atoms with Crippen LogP contribution >= 0.6 is 31.9 Å². The van der Waals surface area contributed by atoms with Crippen molar-refractivity contribution in [3.63, 3.8) is 0 Å². The molecule has 0 heterocycles. The molecule has 1 aromatic carbocycles. The van der Waals surface area contributed by atoms with Gasteiger partial charge in [-0.1, -0.05) is 13.8 Å². The summed E-state index contributed by atoms with van der Waals surface area (Å²) < 4.78 is 1.92. The Balaban J connectivity index is 2.92. The van der Waals surface area contributed by atoms with Crippen LogP contribution in [0.25, 0.3) is 0 Å². The molecule has 0 atom stereocenters. The summed E-state index contributed by atoms with van der Waals surface area (Å²) in [5.74, 6) is 6.50. The second kappa shape index (κ2) is 7.11. The molecule has 0 aliphatic carbocycles. The van der Waals surface area contributed by atoms with Crippen molar-refractivity contribution in [3.8, 4) is 0 Å². The molecule has 0 unspecified atom stereocenters. The average molecular weight is 378 g/mol. The van der Waals surface area contributed by atoms with Crippen molar-refractivity contribution in [3.05, 3.63) is 26.6 Å². The Kier molecular flexibility index (Phi) is 6.11. The maximum absolute atomic E-state index is 5.46. The molecule has 0 saturated heterocycles. The van der Waals surface area contributed by atoms with Crippen LogP contribution in [-0.2, 0) is 0 Å². The van der Waals surface area contributed by atoms with Crippen LogP contribution in [0.3, 0.4) is 0 Å². The molecule has 0 aliphatic rings. The van der Waals surface area contributed by atoms with E-state index >= 15 is 0 Å². The van der Waals surface area contributed by atoms with Gasteiger partial charge in [-0.25, -0.2) is 5.84 Å². The zero-order valence-corrected chi connectivity index (χ0v) is 13.9. The number of nitrogens with one attached hydrogen (secondary N) is 2. The quantitative estimate of drug-likeness (QED) is 0.327. The van der Waals surface area contributed by atoms with E-state index in [4.69, 9.17) is 5.84 Å². The summed E-state index contributed by atoms with van der Waals surface area (Å²) in [5, 5.41) is 3.17. The largest absolute Gasteiger partial charge is 0.323 e. The van der Waals surface area contributed by atoms with Crippen LogP contribution in [0.5, 0.6) is 0 Å². The molecule has 100 valence electrons. The third-order valence-corrected chi connectivity index (χ3v) is 3.43. The molecule has 1 aromatic rings. The van der Waals surface area contributed by atoms with Gasteiger partial charge in [0.1, 0.15) is 0 Å². The molecule has 0 spiro atoms. The monoisotopic (exact) mass is 376 g/mol. The van der Waals surface area contributed by atoms with E-state index in [1.165, 1.54) is 5.56 Å². The predicted molar refractivity (Wildman–Crippen MR) is 84.7 cm³/mol. The molecule has 0 radical (unpaired) electrons. The summed E-state index contributed by atoms with van der Waals surface area (Å²) in [6, 6.07) is 4.06. The normalized spacial score (nSPS) is 11.8. The van der Waals surface area contributed by atoms with E-state index in [2.05, 4.69) is 61.4 Å². The molecule has 0 aliphatic heterocycles. The first-order chi connectivity index (χ1) is 8.43. The van der Waals surface area contributed by atoms with Crippen molar-refractivity contribution in [2.45, 2.75) is 20.8 Å². The second-order valence-electron chi connectivity index (χ2n) is 4.46. The Hall–Kier alpha value is -0.590. The first-order valence-corrected chi connectivity index (χ1v) is 7.26. The number of hydrogen-bond acceptors (Lipinski definition) is 2. The van der Waals surface area contributed by atoms with Gasteiger partial charge < -0.3 is 5.32 Å². The average Bonchev–Trinajstić information content (AvgIpc) is 2.26. The van der Waals surface area contributed by atoms with Gasteiger partial charge in [-0.3, -0.25) is 10.4 Å². The third kappa shape index (κ3) is 4.59. The number of hydrazine groups is 1. The number of guanidine groups is 1. The minimum absolute atomic E-state index is 0.486. The van der Waals surface area contributed by atoms with E-state index in [0.717, 1.165) is 14.6 Å². The van der Waals surface area contributed by atoms with Crippen LogP contribution in [-0.4, -0.2) is 12.5 Å². The van der Waals surface area contributed by atoms with Crippen molar-refractivity contribution in [2.24, 2.45) is 16.8 Å². The van der Waals surface area contributed by atoms with Crippen LogP contribution in [0, 0.1) is 12.8 Å². The maximum atomic E-state index is 5.46. The fourth-order valence-electron chi connectivity index (χ4n) is 1.33. The SMILES string of the molecule is Cc1cc(Br)c(NC(=NCC(C)C)NN)c(Br)c1. The van der Waals surface area contributed by atoms with Crippen molar-refractivity contribution in [1.29, 1.82) is 0 Å². The van der Waals surface area contributed by atoms with Gasteiger partial charge in [-0.2, -0.15) is 0 Å². The smallest absolute Gasteiger partial charge is 0.210 e. The van der Waals surface area contributed by atoms with Gasteiger partial charge in [-0.05, 0) is 62.4 Å². The van der Waals surface area contributed by atoms with E-state index in [9.17, 15) is 0 Å². The van der Waals surface area contributed by atoms with Gasteiger partial charge >= 0.3 is 0 Å². The molecule has 4 N–H and O–H groups in total. The lowest BCUT2D eigenvalue weighted by Crippen LogP contribution is -2.36. The van der Waals surface area contributed by atoms with Crippen molar-refractivity contribution in [2.75, 3.05) is 11.9 Å². The summed E-state index contributed by atoms with van der Waals surface area (Å²) in [6.45, 7) is 6.96. The maximum Gasteiger partial charge on any atom is 0.210 e. The summed E-state index contributed by atoms with van der Waals surface area (Å²) in [4.78, 5) is 4.37. The Bertz CT molecular complexity index is 421. The van der Waals surface area contributed by atoms with Gasteiger partial charge in [0.2, 0.25) is 5.96 Å². The first-order valence-electron chi connectivity index (χ1n) is 5.67. The minimum atomic E-state index is 0.486. The Labute approximate surface area is 125 Å². The lowest BCUT2D eigenvalue weighted by molar-refractivity contribution is 0.663. The molecule has 0 amide bonds. The van der Waals surface area contributed by atoms with Crippen LogP contribution in [0.2, 0.25) is 0 Å². The van der Waals surface area contributed by atoms with Gasteiger partial charge in [-0.15, -0.1) is 0 Å². The highest BCUT2D eigenvalue weighted by atomic mass is 79.9. The van der Waals surface area contributed by atoms with E-state index in [1.54, 1.807) is 0 Å². The minimum Gasteiger partial charge on any atom is -0.323 e. The standard InChI is InChI=1S/C12H18Br2N4/c1-7(2)6-16-12(18-15)17-11-9(13)4-8(3)5-10(11)14/h4-5,7H,6,15H2,1-3H3,(H2,16,17,18). The second-order valence-corrected chi connectivity index (χ2v) is 6.16. The van der Waals surface area contributed by atoms with Gasteiger partial charge in [0, 0.05) is 15.5 Å². The zero-order valence-electron chi connectivity index (χ0n) is 10.7. The topological polar surface area (TPSA) is 62.4 Å². The predicted octanol–water partition coefficient (Wildman–Crippen LogP) is 3.41. The number of hydrogen-bond donors (Lipinski definition) is 3. The highest BCUT2D eigenvalue weighted by Crippen LogP contribution is 2.32. The summed E-state index contributed by atoms with van der Waals surface area (Å²) in [7, 11) is 0. The van der Waals surface area contributed by atoms with Crippen molar-refractivity contribution < 1.29 is 0 Å². The van der Waals surface area contributed by atoms with Crippen LogP contribution in [0.1, 0.15) is 19.4 Å². The number of benzene rings is 1. The number of rotatable bonds is 3. The fraction of sp³-hybridized carbons (Fsp3) is 0.417. The Morgan fingerprint density at radius 2 is 1.89 bits per heavy atom. The molecular weight excluding hydrogens is 360 g/mol. The number of aryl methyl sites for hydroxylation is 1. The van der Waals surface area contributed by atoms with E-state index in [0.29, 0.717) is 18.4 Å². The van der Waals surface area contributed by atoms with E-state index < -0.39 is 0 Å². The molecule has 0 aromatic heterocycles. The first kappa shape index (κ1) is 15.5. The number of anilines is 1.